The van der Waals surface area contributed by atoms with Crippen LogP contribution in [0.2, 0.25) is 0 Å². The molecule has 0 radical (unpaired) electrons. The summed E-state index contributed by atoms with van der Waals surface area (Å²) in [6.07, 6.45) is 17.7. The van der Waals surface area contributed by atoms with E-state index in [2.05, 4.69) is 0 Å². The van der Waals surface area contributed by atoms with Crippen LogP contribution in [0.3, 0.4) is 0 Å². The minimum absolute atomic E-state index is 0.202. The van der Waals surface area contributed by atoms with Gasteiger partial charge in [0.15, 0.2) is 11.5 Å². The Bertz CT molecular complexity index is 498. The number of para-hydroxylation sites is 1. The van der Waals surface area contributed by atoms with Crippen LogP contribution in [0.5, 0.6) is 17.2 Å². The first-order valence-electron chi connectivity index (χ1n) is 10.5. The van der Waals surface area contributed by atoms with Crippen molar-refractivity contribution in [2.45, 2.75) is 102 Å². The lowest BCUT2D eigenvalue weighted by molar-refractivity contribution is 0.130. The first-order chi connectivity index (χ1) is 12.3. The van der Waals surface area contributed by atoms with Gasteiger partial charge in [-0.05, 0) is 63.5 Å². The molecule has 25 heavy (non-hydrogen) atoms. The zero-order valence-electron chi connectivity index (χ0n) is 15.5. The Kier molecular flexibility index (Phi) is 7.32. The Morgan fingerprint density at radius 1 is 0.640 bits per heavy atom. The second-order valence-electron chi connectivity index (χ2n) is 7.77. The summed E-state index contributed by atoms with van der Waals surface area (Å²) in [7, 11) is 0. The van der Waals surface area contributed by atoms with Crippen LogP contribution in [0.25, 0.3) is 0 Å². The molecule has 2 aliphatic rings. The number of hydrogen-bond acceptors (Lipinski definition) is 3. The van der Waals surface area contributed by atoms with Crippen LogP contribution in [-0.4, -0.2) is 17.3 Å². The summed E-state index contributed by atoms with van der Waals surface area (Å²) in [6.45, 7) is 0. The average Bonchev–Trinajstić information content (AvgIpc) is 2.54. The Hall–Kier alpha value is -1.38. The maximum Gasteiger partial charge on any atom is 0.203 e. The van der Waals surface area contributed by atoms with Crippen molar-refractivity contribution in [3.05, 3.63) is 18.2 Å². The summed E-state index contributed by atoms with van der Waals surface area (Å²) in [6, 6.07) is 5.53. The third kappa shape index (κ3) is 5.83. The van der Waals surface area contributed by atoms with Crippen LogP contribution in [0.15, 0.2) is 18.2 Å². The Morgan fingerprint density at radius 3 is 1.68 bits per heavy atom. The van der Waals surface area contributed by atoms with Crippen LogP contribution in [-0.2, 0) is 0 Å². The van der Waals surface area contributed by atoms with E-state index in [0.29, 0.717) is 5.75 Å². The van der Waals surface area contributed by atoms with Crippen LogP contribution < -0.4 is 9.47 Å². The van der Waals surface area contributed by atoms with Crippen molar-refractivity contribution >= 4 is 0 Å². The molecular weight excluding hydrogens is 312 g/mol. The van der Waals surface area contributed by atoms with E-state index in [1.165, 1.54) is 64.2 Å². The minimum atomic E-state index is 0.202. The van der Waals surface area contributed by atoms with Gasteiger partial charge in [0.2, 0.25) is 5.75 Å². The molecule has 0 saturated heterocycles. The molecule has 2 fully saturated rings. The molecule has 0 heterocycles. The van der Waals surface area contributed by atoms with Crippen molar-refractivity contribution < 1.29 is 14.6 Å². The summed E-state index contributed by atoms with van der Waals surface area (Å²) in [4.78, 5) is 0. The number of rotatable bonds is 4. The number of phenols is 1. The largest absolute Gasteiger partial charge is 0.504 e. The van der Waals surface area contributed by atoms with Gasteiger partial charge in [-0.25, -0.2) is 0 Å². The molecule has 0 amide bonds. The van der Waals surface area contributed by atoms with Crippen LogP contribution >= 0.6 is 0 Å². The molecule has 0 bridgehead atoms. The molecule has 3 heteroatoms. The van der Waals surface area contributed by atoms with Gasteiger partial charge in [0, 0.05) is 0 Å². The number of ether oxygens (including phenoxy) is 2. The fourth-order valence-corrected chi connectivity index (χ4v) is 4.13. The zero-order valence-corrected chi connectivity index (χ0v) is 15.5. The van der Waals surface area contributed by atoms with E-state index in [-0.39, 0.29) is 18.0 Å². The zero-order chi connectivity index (χ0) is 17.3. The number of hydrogen-bond donors (Lipinski definition) is 1. The molecule has 0 spiro atoms. The van der Waals surface area contributed by atoms with Crippen molar-refractivity contribution in [3.63, 3.8) is 0 Å². The minimum Gasteiger partial charge on any atom is -0.504 e. The van der Waals surface area contributed by atoms with Crippen LogP contribution in [0.1, 0.15) is 89.9 Å². The molecule has 1 aromatic carbocycles. The average molecular weight is 347 g/mol. The maximum atomic E-state index is 10.4. The van der Waals surface area contributed by atoms with Gasteiger partial charge in [0.25, 0.3) is 0 Å². The normalized spacial score (nSPS) is 21.6. The summed E-state index contributed by atoms with van der Waals surface area (Å²) in [5, 5.41) is 10.4. The van der Waals surface area contributed by atoms with Gasteiger partial charge in [0.05, 0.1) is 12.2 Å². The van der Waals surface area contributed by atoms with Gasteiger partial charge in [0.1, 0.15) is 0 Å². The summed E-state index contributed by atoms with van der Waals surface area (Å²) in [5.41, 5.74) is 0. The SMILES string of the molecule is Oc1cccc(OC2CCCCCCC2)c1OC1CCCCCCC1. The van der Waals surface area contributed by atoms with E-state index in [4.69, 9.17) is 9.47 Å². The van der Waals surface area contributed by atoms with Crippen molar-refractivity contribution in [2.24, 2.45) is 0 Å². The molecule has 0 aliphatic heterocycles. The third-order valence-corrected chi connectivity index (χ3v) is 5.64. The standard InChI is InChI=1S/C22H34O3/c23-20-16-11-17-21(24-18-12-7-3-1-4-8-13-18)22(20)25-19-14-9-5-2-6-10-15-19/h11,16-19,23H,1-10,12-15H2. The molecule has 1 N–H and O–H groups in total. The highest BCUT2D eigenvalue weighted by atomic mass is 16.5. The third-order valence-electron chi connectivity index (χ3n) is 5.64. The molecule has 0 aromatic heterocycles. The van der Waals surface area contributed by atoms with Gasteiger partial charge < -0.3 is 14.6 Å². The molecule has 3 nitrogen and oxygen atoms in total. The highest BCUT2D eigenvalue weighted by Gasteiger charge is 2.21. The Balaban J connectivity index is 1.67. The van der Waals surface area contributed by atoms with E-state index < -0.39 is 0 Å². The van der Waals surface area contributed by atoms with Crippen LogP contribution in [0.4, 0.5) is 0 Å². The lowest BCUT2D eigenvalue weighted by Gasteiger charge is -2.26. The van der Waals surface area contributed by atoms with E-state index in [9.17, 15) is 5.11 Å². The van der Waals surface area contributed by atoms with Crippen molar-refractivity contribution in [1.29, 1.82) is 0 Å². The molecule has 3 rings (SSSR count). The van der Waals surface area contributed by atoms with E-state index in [1.54, 1.807) is 6.07 Å². The quantitative estimate of drug-likeness (QED) is 0.688. The Morgan fingerprint density at radius 2 is 1.12 bits per heavy atom. The van der Waals surface area contributed by atoms with Crippen molar-refractivity contribution in [2.75, 3.05) is 0 Å². The molecule has 2 aliphatic carbocycles. The fraction of sp³-hybridized carbons (Fsp3) is 0.727. The van der Waals surface area contributed by atoms with E-state index in [1.807, 2.05) is 12.1 Å². The summed E-state index contributed by atoms with van der Waals surface area (Å²) < 4.78 is 12.6. The second-order valence-corrected chi connectivity index (χ2v) is 7.77. The molecular formula is C22H34O3. The van der Waals surface area contributed by atoms with E-state index >= 15 is 0 Å². The monoisotopic (exact) mass is 346 g/mol. The molecule has 2 saturated carbocycles. The number of aromatic hydroxyl groups is 1. The van der Waals surface area contributed by atoms with Crippen molar-refractivity contribution in [3.8, 4) is 17.2 Å². The van der Waals surface area contributed by atoms with Crippen molar-refractivity contribution in [1.82, 2.24) is 0 Å². The molecule has 1 aromatic rings. The number of phenolic OH excluding ortho intramolecular Hbond substituents is 1. The van der Waals surface area contributed by atoms with Gasteiger partial charge in [-0.15, -0.1) is 0 Å². The molecule has 140 valence electrons. The van der Waals surface area contributed by atoms with Gasteiger partial charge in [-0.3, -0.25) is 0 Å². The summed E-state index contributed by atoms with van der Waals surface area (Å²) >= 11 is 0. The molecule has 0 atom stereocenters. The topological polar surface area (TPSA) is 38.7 Å². The predicted molar refractivity (Wildman–Crippen MR) is 102 cm³/mol. The van der Waals surface area contributed by atoms with Gasteiger partial charge in [-0.1, -0.05) is 44.6 Å². The first kappa shape index (κ1) is 18.4. The Labute approximate surface area is 152 Å². The fourth-order valence-electron chi connectivity index (χ4n) is 4.13. The number of benzene rings is 1. The van der Waals surface area contributed by atoms with Gasteiger partial charge >= 0.3 is 0 Å². The lowest BCUT2D eigenvalue weighted by atomic mass is 9.98. The second kappa shape index (κ2) is 9.94. The highest BCUT2D eigenvalue weighted by Crippen LogP contribution is 2.39. The van der Waals surface area contributed by atoms with Gasteiger partial charge in [-0.2, -0.15) is 0 Å². The smallest absolute Gasteiger partial charge is 0.203 e. The lowest BCUT2D eigenvalue weighted by Crippen LogP contribution is -2.21. The molecule has 0 unspecified atom stereocenters. The predicted octanol–water partition coefficient (Wildman–Crippen LogP) is 6.38. The van der Waals surface area contributed by atoms with E-state index in [0.717, 1.165) is 31.4 Å². The highest BCUT2D eigenvalue weighted by molar-refractivity contribution is 5.50. The maximum absolute atomic E-state index is 10.4. The summed E-state index contributed by atoms with van der Waals surface area (Å²) in [5.74, 6) is 1.51. The van der Waals surface area contributed by atoms with Crippen LogP contribution in [0, 0.1) is 0 Å². The first-order valence-corrected chi connectivity index (χ1v) is 10.5.